The molecule has 4 saturated carbocycles. The number of hydrogen-bond acceptors (Lipinski definition) is 2. The number of esters is 1. The molecule has 4 aliphatic carbocycles. The third kappa shape index (κ3) is 2.15. The molecule has 118 valence electrons. The van der Waals surface area contributed by atoms with E-state index in [4.69, 9.17) is 4.74 Å². The molecule has 0 amide bonds. The van der Waals surface area contributed by atoms with Crippen LogP contribution in [0, 0.1) is 23.7 Å². The molecule has 0 saturated heterocycles. The zero-order chi connectivity index (χ0) is 15.3. The Hall–Kier alpha value is -0.860. The number of rotatable bonds is 5. The van der Waals surface area contributed by atoms with Crippen LogP contribution in [-0.4, -0.2) is 17.2 Å². The molecule has 0 heterocycles. The van der Waals surface area contributed by atoms with Crippen LogP contribution < -0.4 is 0 Å². The van der Waals surface area contributed by atoms with Crippen molar-refractivity contribution in [2.75, 3.05) is 0 Å². The number of carbonyl (C=O) groups excluding carboxylic acids is 1. The molecule has 0 aromatic heterocycles. The summed E-state index contributed by atoms with van der Waals surface area (Å²) < 4.78 is 21.0. The lowest BCUT2D eigenvalue weighted by molar-refractivity contribution is -0.244. The molecule has 0 aliphatic heterocycles. The van der Waals surface area contributed by atoms with E-state index in [0.29, 0.717) is 24.7 Å². The van der Waals surface area contributed by atoms with Gasteiger partial charge in [-0.25, -0.2) is 9.18 Å². The summed E-state index contributed by atoms with van der Waals surface area (Å²) in [6, 6.07) is 0. The average Bonchev–Trinajstić information content (AvgIpc) is 2.43. The quantitative estimate of drug-likeness (QED) is 0.553. The smallest absolute Gasteiger partial charge is 0.330 e. The first-order valence-electron chi connectivity index (χ1n) is 8.51. The van der Waals surface area contributed by atoms with Crippen LogP contribution in [0.5, 0.6) is 0 Å². The van der Waals surface area contributed by atoms with Crippen molar-refractivity contribution in [1.29, 1.82) is 0 Å². The molecule has 0 N–H and O–H groups in total. The van der Waals surface area contributed by atoms with Crippen LogP contribution in [0.3, 0.4) is 0 Å². The minimum atomic E-state index is -0.993. The van der Waals surface area contributed by atoms with Crippen molar-refractivity contribution in [3.8, 4) is 0 Å². The fourth-order valence-electron chi connectivity index (χ4n) is 5.96. The molecule has 4 aliphatic rings. The third-order valence-electron chi connectivity index (χ3n) is 6.46. The number of hydrogen-bond donors (Lipinski definition) is 0. The van der Waals surface area contributed by atoms with Crippen LogP contribution >= 0.6 is 0 Å². The lowest BCUT2D eigenvalue weighted by atomic mass is 9.46. The molecule has 0 aromatic rings. The summed E-state index contributed by atoms with van der Waals surface area (Å²) in [6.07, 6.45) is 7.19. The SMILES string of the molecule is C=CC(=O)OC1(C(CC)CC)C2CC3CC1CC(F)(C3)C2. The normalized spacial score (nSPS) is 44.1. The summed E-state index contributed by atoms with van der Waals surface area (Å²) in [5, 5.41) is 0. The van der Waals surface area contributed by atoms with Crippen molar-refractivity contribution in [1.82, 2.24) is 0 Å². The second-order valence-electron chi connectivity index (χ2n) is 7.49. The van der Waals surface area contributed by atoms with Gasteiger partial charge in [-0.1, -0.05) is 20.4 Å². The monoisotopic (exact) mass is 294 g/mol. The van der Waals surface area contributed by atoms with E-state index in [1.165, 1.54) is 6.08 Å². The molecular weight excluding hydrogens is 267 g/mol. The van der Waals surface area contributed by atoms with Gasteiger partial charge in [0, 0.05) is 17.9 Å². The second-order valence-corrected chi connectivity index (χ2v) is 7.49. The Bertz CT molecular complexity index is 424. The molecule has 2 atom stereocenters. The molecule has 0 aromatic carbocycles. The Balaban J connectivity index is 1.99. The van der Waals surface area contributed by atoms with Gasteiger partial charge in [0.2, 0.25) is 0 Å². The maximum absolute atomic E-state index is 15.0. The van der Waals surface area contributed by atoms with Crippen LogP contribution in [-0.2, 0) is 9.53 Å². The van der Waals surface area contributed by atoms with Gasteiger partial charge < -0.3 is 4.74 Å². The van der Waals surface area contributed by atoms with Gasteiger partial charge in [-0.15, -0.1) is 0 Å². The predicted octanol–water partition coefficient (Wildman–Crippen LogP) is 4.44. The van der Waals surface area contributed by atoms with Crippen LogP contribution in [0.15, 0.2) is 12.7 Å². The Morgan fingerprint density at radius 1 is 1.29 bits per heavy atom. The van der Waals surface area contributed by atoms with Crippen molar-refractivity contribution >= 4 is 5.97 Å². The summed E-state index contributed by atoms with van der Waals surface area (Å²) >= 11 is 0. The zero-order valence-electron chi connectivity index (χ0n) is 13.2. The molecule has 4 fully saturated rings. The molecule has 3 heteroatoms. The molecule has 4 rings (SSSR count). The first-order chi connectivity index (χ1) is 9.97. The van der Waals surface area contributed by atoms with E-state index in [1.54, 1.807) is 0 Å². The number of ether oxygens (including phenoxy) is 1. The lowest BCUT2D eigenvalue weighted by Crippen LogP contribution is -2.66. The predicted molar refractivity (Wildman–Crippen MR) is 80.5 cm³/mol. The van der Waals surface area contributed by atoms with E-state index >= 15 is 0 Å². The fraction of sp³-hybridized carbons (Fsp3) is 0.833. The van der Waals surface area contributed by atoms with Crippen molar-refractivity contribution in [2.24, 2.45) is 23.7 Å². The number of halogens is 1. The van der Waals surface area contributed by atoms with Crippen LogP contribution in [0.25, 0.3) is 0 Å². The summed E-state index contributed by atoms with van der Waals surface area (Å²) in [6.45, 7) is 7.87. The number of carbonyl (C=O) groups is 1. The molecule has 0 spiro atoms. The van der Waals surface area contributed by atoms with Crippen molar-refractivity contribution < 1.29 is 13.9 Å². The first-order valence-corrected chi connectivity index (χ1v) is 8.51. The molecule has 2 nitrogen and oxygen atoms in total. The van der Waals surface area contributed by atoms with Gasteiger partial charge in [0.1, 0.15) is 11.3 Å². The Kier molecular flexibility index (Phi) is 3.66. The summed E-state index contributed by atoms with van der Waals surface area (Å²) in [5.41, 5.74) is -1.44. The Morgan fingerprint density at radius 3 is 2.29 bits per heavy atom. The Labute approximate surface area is 127 Å². The minimum Gasteiger partial charge on any atom is -0.455 e. The van der Waals surface area contributed by atoms with E-state index in [1.807, 2.05) is 0 Å². The van der Waals surface area contributed by atoms with Gasteiger partial charge in [0.15, 0.2) is 0 Å². The first kappa shape index (κ1) is 15.1. The fourth-order valence-corrected chi connectivity index (χ4v) is 5.96. The topological polar surface area (TPSA) is 26.3 Å². The maximum Gasteiger partial charge on any atom is 0.330 e. The molecule has 4 bridgehead atoms. The van der Waals surface area contributed by atoms with E-state index in [-0.39, 0.29) is 17.8 Å². The van der Waals surface area contributed by atoms with E-state index in [0.717, 1.165) is 32.1 Å². The Morgan fingerprint density at radius 2 is 1.86 bits per heavy atom. The second kappa shape index (κ2) is 5.10. The zero-order valence-corrected chi connectivity index (χ0v) is 13.2. The van der Waals surface area contributed by atoms with E-state index in [2.05, 4.69) is 20.4 Å². The van der Waals surface area contributed by atoms with E-state index < -0.39 is 11.3 Å². The highest BCUT2D eigenvalue weighted by molar-refractivity contribution is 5.81. The van der Waals surface area contributed by atoms with Crippen molar-refractivity contribution in [3.63, 3.8) is 0 Å². The maximum atomic E-state index is 15.0. The number of alkyl halides is 1. The van der Waals surface area contributed by atoms with Gasteiger partial charge in [-0.3, -0.25) is 0 Å². The van der Waals surface area contributed by atoms with Gasteiger partial charge in [-0.2, -0.15) is 0 Å². The lowest BCUT2D eigenvalue weighted by Gasteiger charge is -2.64. The van der Waals surface area contributed by atoms with Gasteiger partial charge in [0.05, 0.1) is 0 Å². The van der Waals surface area contributed by atoms with Crippen LogP contribution in [0.2, 0.25) is 0 Å². The molecular formula is C18H27FO2. The molecule has 2 unspecified atom stereocenters. The van der Waals surface area contributed by atoms with Gasteiger partial charge in [0.25, 0.3) is 0 Å². The highest BCUT2D eigenvalue weighted by Crippen LogP contribution is 2.65. The minimum absolute atomic E-state index is 0.197. The van der Waals surface area contributed by atoms with Crippen LogP contribution in [0.1, 0.15) is 58.8 Å². The molecule has 21 heavy (non-hydrogen) atoms. The third-order valence-corrected chi connectivity index (χ3v) is 6.46. The molecule has 0 radical (unpaired) electrons. The standard InChI is InChI=1S/C18H27FO2/c1-4-13(5-2)18(21-16(20)6-3)14-7-12-8-15(18)11-17(19,9-12)10-14/h6,12-15H,3-5,7-11H2,1-2H3. The van der Waals surface area contributed by atoms with Crippen molar-refractivity contribution in [3.05, 3.63) is 12.7 Å². The van der Waals surface area contributed by atoms with E-state index in [9.17, 15) is 9.18 Å². The highest BCUT2D eigenvalue weighted by Gasteiger charge is 2.66. The summed E-state index contributed by atoms with van der Waals surface area (Å²) in [5.74, 6) is 0.893. The van der Waals surface area contributed by atoms with Gasteiger partial charge in [-0.05, 0) is 56.8 Å². The largest absolute Gasteiger partial charge is 0.455 e. The average molecular weight is 294 g/mol. The highest BCUT2D eigenvalue weighted by atomic mass is 19.1. The van der Waals surface area contributed by atoms with Gasteiger partial charge >= 0.3 is 5.97 Å². The summed E-state index contributed by atoms with van der Waals surface area (Å²) in [7, 11) is 0. The van der Waals surface area contributed by atoms with Crippen LogP contribution in [0.4, 0.5) is 4.39 Å². The summed E-state index contributed by atoms with van der Waals surface area (Å²) in [4.78, 5) is 12.0. The van der Waals surface area contributed by atoms with Crippen molar-refractivity contribution in [2.45, 2.75) is 70.1 Å².